The summed E-state index contributed by atoms with van der Waals surface area (Å²) in [4.78, 5) is 19.2. The number of hydrogen-bond donors (Lipinski definition) is 0. The van der Waals surface area contributed by atoms with E-state index in [4.69, 9.17) is 9.52 Å². The van der Waals surface area contributed by atoms with Gasteiger partial charge in [-0.05, 0) is 54.6 Å². The van der Waals surface area contributed by atoms with Crippen LogP contribution in [0, 0.1) is 13.8 Å². The molecule has 0 bridgehead atoms. The smallest absolute Gasteiger partial charge is 0.257 e. The predicted molar refractivity (Wildman–Crippen MR) is 128 cm³/mol. The number of carbonyl (C=O) groups excluding carboxylic acids is 1. The van der Waals surface area contributed by atoms with Crippen LogP contribution in [0.5, 0.6) is 0 Å². The molecule has 1 amide bonds. The average Bonchev–Trinajstić information content (AvgIpc) is 3.56. The minimum absolute atomic E-state index is 0.0464. The summed E-state index contributed by atoms with van der Waals surface area (Å²) in [5, 5.41) is 8.43. The Labute approximate surface area is 192 Å². The predicted octanol–water partition coefficient (Wildman–Crippen LogP) is 4.46. The van der Waals surface area contributed by atoms with Crippen molar-refractivity contribution in [1.29, 1.82) is 0 Å². The van der Waals surface area contributed by atoms with Crippen LogP contribution in [-0.2, 0) is 4.79 Å². The van der Waals surface area contributed by atoms with Crippen molar-refractivity contribution in [3.8, 4) is 0 Å². The molecule has 2 aliphatic heterocycles. The first kappa shape index (κ1) is 21.0. The highest BCUT2D eigenvalue weighted by Crippen LogP contribution is 2.35. The SMILES string of the molecule is Cc1cccc(N2CCN(CC(=O)N3N=C(c4ccco4)CC3c3cccs3)CC2)c1C. The Balaban J connectivity index is 1.26. The standard InChI is InChI=1S/C25H28N4O2S/c1-18-6-3-7-21(19(18)2)28-12-10-27(11-13-28)17-25(30)29-22(24-9-5-15-32-24)16-20(26-29)23-8-4-14-31-23/h3-9,14-15,22H,10-13,16-17H2,1-2H3. The molecule has 3 aromatic rings. The minimum atomic E-state index is -0.0566. The van der Waals surface area contributed by atoms with E-state index in [2.05, 4.69) is 53.3 Å². The van der Waals surface area contributed by atoms with Crippen LogP contribution in [0.15, 0.2) is 63.6 Å². The second-order valence-corrected chi connectivity index (χ2v) is 9.46. The molecule has 1 fully saturated rings. The Morgan fingerprint density at radius 2 is 1.94 bits per heavy atom. The zero-order valence-electron chi connectivity index (χ0n) is 18.5. The fourth-order valence-electron chi connectivity index (χ4n) is 4.52. The van der Waals surface area contributed by atoms with Crippen LogP contribution in [0.3, 0.4) is 0 Å². The van der Waals surface area contributed by atoms with Crippen LogP contribution >= 0.6 is 11.3 Å². The number of hydrogen-bond acceptors (Lipinski definition) is 6. The maximum Gasteiger partial charge on any atom is 0.257 e. The van der Waals surface area contributed by atoms with Gasteiger partial charge in [0.1, 0.15) is 11.5 Å². The molecule has 0 saturated carbocycles. The lowest BCUT2D eigenvalue weighted by Gasteiger charge is -2.37. The van der Waals surface area contributed by atoms with Crippen molar-refractivity contribution in [3.63, 3.8) is 0 Å². The van der Waals surface area contributed by atoms with Gasteiger partial charge in [0.25, 0.3) is 5.91 Å². The Morgan fingerprint density at radius 1 is 1.09 bits per heavy atom. The monoisotopic (exact) mass is 448 g/mol. The molecule has 32 heavy (non-hydrogen) atoms. The number of rotatable bonds is 5. The largest absolute Gasteiger partial charge is 0.463 e. The number of aryl methyl sites for hydroxylation is 1. The number of amides is 1. The first-order chi connectivity index (χ1) is 15.6. The molecule has 0 N–H and O–H groups in total. The molecular weight excluding hydrogens is 420 g/mol. The Bertz CT molecular complexity index is 1100. The van der Waals surface area contributed by atoms with Crippen LogP contribution in [0.4, 0.5) is 5.69 Å². The molecule has 5 rings (SSSR count). The zero-order chi connectivity index (χ0) is 22.1. The number of nitrogens with zero attached hydrogens (tertiary/aromatic N) is 4. The van der Waals surface area contributed by atoms with Gasteiger partial charge in [0, 0.05) is 43.2 Å². The molecule has 2 aliphatic rings. The number of furan rings is 1. The molecule has 4 heterocycles. The quantitative estimate of drug-likeness (QED) is 0.578. The van der Waals surface area contributed by atoms with Gasteiger partial charge >= 0.3 is 0 Å². The summed E-state index contributed by atoms with van der Waals surface area (Å²) < 4.78 is 5.55. The maximum atomic E-state index is 13.3. The van der Waals surface area contributed by atoms with Crippen molar-refractivity contribution in [1.82, 2.24) is 9.91 Å². The van der Waals surface area contributed by atoms with Gasteiger partial charge < -0.3 is 9.32 Å². The molecule has 0 spiro atoms. The van der Waals surface area contributed by atoms with Gasteiger partial charge in [0.2, 0.25) is 0 Å². The molecule has 1 atom stereocenters. The third-order valence-electron chi connectivity index (χ3n) is 6.49. The van der Waals surface area contributed by atoms with Crippen LogP contribution in [0.25, 0.3) is 0 Å². The van der Waals surface area contributed by atoms with E-state index >= 15 is 0 Å². The van der Waals surface area contributed by atoms with Gasteiger partial charge in [-0.25, -0.2) is 5.01 Å². The van der Waals surface area contributed by atoms with Crippen molar-refractivity contribution >= 4 is 28.6 Å². The number of hydrazone groups is 1. The molecule has 6 nitrogen and oxygen atoms in total. The van der Waals surface area contributed by atoms with Crippen molar-refractivity contribution in [2.45, 2.75) is 26.3 Å². The molecule has 166 valence electrons. The van der Waals surface area contributed by atoms with Crippen LogP contribution in [0.1, 0.15) is 34.2 Å². The average molecular weight is 449 g/mol. The van der Waals surface area contributed by atoms with Crippen LogP contribution in [0.2, 0.25) is 0 Å². The summed E-state index contributed by atoms with van der Waals surface area (Å²) in [5.74, 6) is 0.786. The van der Waals surface area contributed by atoms with E-state index in [0.29, 0.717) is 13.0 Å². The van der Waals surface area contributed by atoms with Gasteiger partial charge in [-0.2, -0.15) is 5.10 Å². The number of carbonyl (C=O) groups is 1. The lowest BCUT2D eigenvalue weighted by Crippen LogP contribution is -2.49. The topological polar surface area (TPSA) is 52.3 Å². The Hall–Kier alpha value is -2.90. The normalized spacial score (nSPS) is 19.4. The first-order valence-electron chi connectivity index (χ1n) is 11.1. The first-order valence-corrected chi connectivity index (χ1v) is 12.0. The van der Waals surface area contributed by atoms with Gasteiger partial charge in [-0.3, -0.25) is 9.69 Å². The third kappa shape index (κ3) is 4.10. The highest BCUT2D eigenvalue weighted by molar-refractivity contribution is 7.10. The number of anilines is 1. The molecule has 1 saturated heterocycles. The van der Waals surface area contributed by atoms with Gasteiger partial charge in [-0.1, -0.05) is 18.2 Å². The number of benzene rings is 1. The molecule has 1 aromatic carbocycles. The van der Waals surface area contributed by atoms with Crippen molar-refractivity contribution in [2.75, 3.05) is 37.6 Å². The second kappa shape index (κ2) is 8.92. The van der Waals surface area contributed by atoms with E-state index in [1.807, 2.05) is 18.2 Å². The van der Waals surface area contributed by atoms with Gasteiger partial charge in [-0.15, -0.1) is 11.3 Å². The fourth-order valence-corrected chi connectivity index (χ4v) is 5.33. The Morgan fingerprint density at radius 3 is 2.66 bits per heavy atom. The zero-order valence-corrected chi connectivity index (χ0v) is 19.3. The van der Waals surface area contributed by atoms with Crippen LogP contribution in [-0.4, -0.2) is 54.3 Å². The van der Waals surface area contributed by atoms with Gasteiger partial charge in [0.05, 0.1) is 18.8 Å². The van der Waals surface area contributed by atoms with Gasteiger partial charge in [0.15, 0.2) is 0 Å². The molecule has 1 unspecified atom stereocenters. The lowest BCUT2D eigenvalue weighted by atomic mass is 10.1. The lowest BCUT2D eigenvalue weighted by molar-refractivity contribution is -0.134. The highest BCUT2D eigenvalue weighted by Gasteiger charge is 2.35. The summed E-state index contributed by atoms with van der Waals surface area (Å²) in [7, 11) is 0. The van der Waals surface area contributed by atoms with E-state index in [9.17, 15) is 4.79 Å². The maximum absolute atomic E-state index is 13.3. The van der Waals surface area contributed by atoms with E-state index in [1.165, 1.54) is 16.8 Å². The van der Waals surface area contributed by atoms with E-state index < -0.39 is 0 Å². The third-order valence-corrected chi connectivity index (χ3v) is 7.46. The molecule has 0 aliphatic carbocycles. The number of thiophene rings is 1. The van der Waals surface area contributed by atoms with E-state index in [0.717, 1.165) is 42.5 Å². The van der Waals surface area contributed by atoms with E-state index in [1.54, 1.807) is 22.6 Å². The van der Waals surface area contributed by atoms with Crippen molar-refractivity contribution < 1.29 is 9.21 Å². The van der Waals surface area contributed by atoms with Crippen molar-refractivity contribution in [2.24, 2.45) is 5.10 Å². The summed E-state index contributed by atoms with van der Waals surface area (Å²) in [6.07, 6.45) is 2.33. The summed E-state index contributed by atoms with van der Waals surface area (Å²) in [6.45, 7) is 8.31. The van der Waals surface area contributed by atoms with E-state index in [-0.39, 0.29) is 11.9 Å². The Kier molecular flexibility index (Phi) is 5.85. The van der Waals surface area contributed by atoms with Crippen molar-refractivity contribution in [3.05, 3.63) is 75.9 Å². The fraction of sp³-hybridized carbons (Fsp3) is 0.360. The molecular formula is C25H28N4O2S. The molecule has 7 heteroatoms. The summed E-state index contributed by atoms with van der Waals surface area (Å²) >= 11 is 1.67. The highest BCUT2D eigenvalue weighted by atomic mass is 32.1. The second-order valence-electron chi connectivity index (χ2n) is 8.48. The molecule has 2 aromatic heterocycles. The summed E-state index contributed by atoms with van der Waals surface area (Å²) in [6, 6.07) is 14.3. The molecule has 0 radical (unpaired) electrons. The number of piperazine rings is 1. The minimum Gasteiger partial charge on any atom is -0.463 e. The summed E-state index contributed by atoms with van der Waals surface area (Å²) in [5.41, 5.74) is 4.80. The van der Waals surface area contributed by atoms with Crippen LogP contribution < -0.4 is 4.90 Å².